The molecule has 0 aliphatic heterocycles. The molecule has 0 saturated carbocycles. The first-order chi connectivity index (χ1) is 8.59. The summed E-state index contributed by atoms with van der Waals surface area (Å²) < 4.78 is 62.0. The standard InChI is InChI=1S/C7H10BrF3N4O3S/c1-14-6(5(8)12-13-14)19(17,18)15(2-3-16)4-7(9,10)11/h16H,2-4H2,1H3. The molecule has 0 amide bonds. The Morgan fingerprint density at radius 2 is 2.05 bits per heavy atom. The van der Waals surface area contributed by atoms with Gasteiger partial charge in [0.05, 0.1) is 6.61 Å². The molecule has 1 aromatic rings. The van der Waals surface area contributed by atoms with Crippen LogP contribution in [0.25, 0.3) is 0 Å². The highest BCUT2D eigenvalue weighted by atomic mass is 79.9. The Morgan fingerprint density at radius 1 is 1.47 bits per heavy atom. The average Bonchev–Trinajstić information content (AvgIpc) is 2.56. The largest absolute Gasteiger partial charge is 0.402 e. The van der Waals surface area contributed by atoms with E-state index in [1.54, 1.807) is 0 Å². The summed E-state index contributed by atoms with van der Waals surface area (Å²) in [7, 11) is -3.24. The molecule has 1 rings (SSSR count). The van der Waals surface area contributed by atoms with Crippen LogP contribution >= 0.6 is 15.9 Å². The fourth-order valence-corrected chi connectivity index (χ4v) is 3.76. The number of hydrogen-bond donors (Lipinski definition) is 1. The third-order valence-electron chi connectivity index (χ3n) is 2.03. The zero-order chi connectivity index (χ0) is 14.8. The fraction of sp³-hybridized carbons (Fsp3) is 0.714. The molecule has 1 N–H and O–H groups in total. The zero-order valence-corrected chi connectivity index (χ0v) is 12.0. The SMILES string of the molecule is Cn1nnc(Br)c1S(=O)(=O)N(CCO)CC(F)(F)F. The molecule has 0 atom stereocenters. The Labute approximate surface area is 115 Å². The van der Waals surface area contributed by atoms with Crippen molar-refractivity contribution in [1.29, 1.82) is 0 Å². The molecule has 1 heterocycles. The van der Waals surface area contributed by atoms with Gasteiger partial charge >= 0.3 is 6.18 Å². The maximum Gasteiger partial charge on any atom is 0.402 e. The molecule has 12 heteroatoms. The molecule has 0 bridgehead atoms. The fourth-order valence-electron chi connectivity index (χ4n) is 1.31. The Kier molecular flexibility index (Phi) is 4.92. The monoisotopic (exact) mass is 366 g/mol. The minimum atomic E-state index is -4.72. The Bertz CT molecular complexity index is 525. The lowest BCUT2D eigenvalue weighted by Gasteiger charge is -2.22. The van der Waals surface area contributed by atoms with Crippen molar-refractivity contribution in [3.8, 4) is 0 Å². The molecule has 0 aliphatic rings. The average molecular weight is 367 g/mol. The van der Waals surface area contributed by atoms with Gasteiger partial charge in [0.1, 0.15) is 6.54 Å². The molecule has 7 nitrogen and oxygen atoms in total. The van der Waals surface area contributed by atoms with Gasteiger partial charge in [-0.15, -0.1) is 5.10 Å². The number of aliphatic hydroxyl groups excluding tert-OH is 1. The predicted octanol–water partition coefficient (Wildman–Crippen LogP) is 0.123. The normalized spacial score (nSPS) is 13.2. The minimum Gasteiger partial charge on any atom is -0.395 e. The maximum absolute atomic E-state index is 12.4. The number of aromatic nitrogens is 3. The molecule has 110 valence electrons. The molecule has 0 fully saturated rings. The topological polar surface area (TPSA) is 88.3 Å². The van der Waals surface area contributed by atoms with Gasteiger partial charge in [0.15, 0.2) is 4.60 Å². The van der Waals surface area contributed by atoms with Gasteiger partial charge in [0.2, 0.25) is 5.03 Å². The highest BCUT2D eigenvalue weighted by Crippen LogP contribution is 2.25. The number of sulfonamides is 1. The van der Waals surface area contributed by atoms with Crippen molar-refractivity contribution < 1.29 is 26.7 Å². The van der Waals surface area contributed by atoms with E-state index in [-0.39, 0.29) is 8.91 Å². The number of nitrogens with zero attached hydrogens (tertiary/aromatic N) is 4. The predicted molar refractivity (Wildman–Crippen MR) is 60.6 cm³/mol. The number of hydrogen-bond acceptors (Lipinski definition) is 5. The van der Waals surface area contributed by atoms with E-state index in [0.717, 1.165) is 4.68 Å². The summed E-state index contributed by atoms with van der Waals surface area (Å²) in [5, 5.41) is 15.0. The van der Waals surface area contributed by atoms with Gasteiger partial charge in [-0.25, -0.2) is 13.1 Å². The lowest BCUT2D eigenvalue weighted by molar-refractivity contribution is -0.136. The van der Waals surface area contributed by atoms with E-state index >= 15 is 0 Å². The summed E-state index contributed by atoms with van der Waals surface area (Å²) >= 11 is 2.81. The number of alkyl halides is 3. The van der Waals surface area contributed by atoms with Crippen LogP contribution in [0.5, 0.6) is 0 Å². The first-order valence-electron chi connectivity index (χ1n) is 4.82. The van der Waals surface area contributed by atoms with Crippen LogP contribution in [-0.4, -0.2) is 58.7 Å². The molecule has 0 saturated heterocycles. The second kappa shape index (κ2) is 5.73. The highest BCUT2D eigenvalue weighted by Gasteiger charge is 2.39. The quantitative estimate of drug-likeness (QED) is 0.799. The van der Waals surface area contributed by atoms with Crippen LogP contribution in [0.15, 0.2) is 9.63 Å². The van der Waals surface area contributed by atoms with E-state index in [0.29, 0.717) is 0 Å². The molecule has 0 spiro atoms. The van der Waals surface area contributed by atoms with E-state index in [4.69, 9.17) is 5.11 Å². The first kappa shape index (κ1) is 16.3. The third kappa shape index (κ3) is 3.87. The van der Waals surface area contributed by atoms with E-state index < -0.39 is 40.9 Å². The highest BCUT2D eigenvalue weighted by molar-refractivity contribution is 9.10. The van der Waals surface area contributed by atoms with Crippen LogP contribution in [-0.2, 0) is 17.1 Å². The molecule has 19 heavy (non-hydrogen) atoms. The molecular weight excluding hydrogens is 357 g/mol. The molecule has 0 unspecified atom stereocenters. The van der Waals surface area contributed by atoms with Gasteiger partial charge in [-0.3, -0.25) is 0 Å². The Morgan fingerprint density at radius 3 is 2.42 bits per heavy atom. The van der Waals surface area contributed by atoms with Crippen molar-refractivity contribution in [2.24, 2.45) is 7.05 Å². The van der Waals surface area contributed by atoms with Crippen molar-refractivity contribution >= 4 is 26.0 Å². The van der Waals surface area contributed by atoms with Gasteiger partial charge < -0.3 is 5.11 Å². The molecule has 1 aromatic heterocycles. The smallest absolute Gasteiger partial charge is 0.395 e. The number of rotatable bonds is 5. The zero-order valence-electron chi connectivity index (χ0n) is 9.59. The van der Waals surface area contributed by atoms with Crippen LogP contribution in [0, 0.1) is 0 Å². The van der Waals surface area contributed by atoms with Gasteiger partial charge in [-0.2, -0.15) is 17.5 Å². The van der Waals surface area contributed by atoms with Crippen LogP contribution in [0.4, 0.5) is 13.2 Å². The number of aryl methyl sites for hydroxylation is 1. The summed E-state index contributed by atoms with van der Waals surface area (Å²) in [6.45, 7) is -3.12. The lowest BCUT2D eigenvalue weighted by atomic mass is 10.6. The van der Waals surface area contributed by atoms with Crippen LogP contribution in [0.2, 0.25) is 0 Å². The second-order valence-electron chi connectivity index (χ2n) is 3.49. The van der Waals surface area contributed by atoms with E-state index in [9.17, 15) is 21.6 Å². The third-order valence-corrected chi connectivity index (χ3v) is 4.76. The Balaban J connectivity index is 3.21. The van der Waals surface area contributed by atoms with Crippen LogP contribution in [0.1, 0.15) is 0 Å². The maximum atomic E-state index is 12.4. The van der Waals surface area contributed by atoms with E-state index in [1.807, 2.05) is 0 Å². The molecular formula is C7H10BrF3N4O3S. The lowest BCUT2D eigenvalue weighted by Crippen LogP contribution is -2.41. The van der Waals surface area contributed by atoms with Crippen molar-refractivity contribution in [3.63, 3.8) is 0 Å². The van der Waals surface area contributed by atoms with Crippen molar-refractivity contribution in [2.75, 3.05) is 19.7 Å². The number of aliphatic hydroxyl groups is 1. The second-order valence-corrected chi connectivity index (χ2v) is 6.09. The molecule has 0 radical (unpaired) electrons. The van der Waals surface area contributed by atoms with Gasteiger partial charge in [-0.05, 0) is 15.9 Å². The Hall–Kier alpha value is -0.720. The summed E-state index contributed by atoms with van der Waals surface area (Å²) in [6.07, 6.45) is -4.72. The van der Waals surface area contributed by atoms with Crippen molar-refractivity contribution in [3.05, 3.63) is 4.60 Å². The van der Waals surface area contributed by atoms with Gasteiger partial charge in [0.25, 0.3) is 10.0 Å². The van der Waals surface area contributed by atoms with Gasteiger partial charge in [0, 0.05) is 13.6 Å². The van der Waals surface area contributed by atoms with Gasteiger partial charge in [-0.1, -0.05) is 5.21 Å². The summed E-state index contributed by atoms with van der Waals surface area (Å²) in [5.74, 6) is 0. The van der Waals surface area contributed by atoms with E-state index in [1.165, 1.54) is 7.05 Å². The van der Waals surface area contributed by atoms with Crippen molar-refractivity contribution in [2.45, 2.75) is 11.2 Å². The molecule has 0 aliphatic carbocycles. The van der Waals surface area contributed by atoms with Crippen LogP contribution in [0.3, 0.4) is 0 Å². The molecule has 0 aromatic carbocycles. The summed E-state index contributed by atoms with van der Waals surface area (Å²) in [6, 6.07) is 0. The summed E-state index contributed by atoms with van der Waals surface area (Å²) in [5.41, 5.74) is 0. The summed E-state index contributed by atoms with van der Waals surface area (Å²) in [4.78, 5) is 0. The van der Waals surface area contributed by atoms with E-state index in [2.05, 4.69) is 26.2 Å². The van der Waals surface area contributed by atoms with Crippen LogP contribution < -0.4 is 0 Å². The first-order valence-corrected chi connectivity index (χ1v) is 7.06. The minimum absolute atomic E-state index is 0.121. The van der Waals surface area contributed by atoms with Crippen molar-refractivity contribution in [1.82, 2.24) is 19.3 Å². The number of halogens is 4.